The monoisotopic (exact) mass is 337 g/mol. The number of hydrogen-bond acceptors (Lipinski definition) is 3. The number of rotatable bonds is 2. The molecule has 1 unspecified atom stereocenters. The molecular weight excluding hydrogens is 322 g/mol. The van der Waals surface area contributed by atoms with Gasteiger partial charge in [0, 0.05) is 37.2 Å². The maximum Gasteiger partial charge on any atom is 0.312 e. The minimum atomic E-state index is -0.383. The lowest BCUT2D eigenvalue weighted by atomic mass is 10.1. The number of nitrogens with one attached hydrogen (secondary N) is 1. The molecule has 1 atom stereocenters. The van der Waals surface area contributed by atoms with Crippen molar-refractivity contribution in [2.24, 2.45) is 0 Å². The first-order valence-corrected chi connectivity index (χ1v) is 7.49. The highest BCUT2D eigenvalue weighted by molar-refractivity contribution is 9.10. The van der Waals surface area contributed by atoms with Gasteiger partial charge in [-0.15, -0.1) is 0 Å². The highest BCUT2D eigenvalue weighted by Crippen LogP contribution is 2.18. The molecule has 1 N–H and O–H groups in total. The number of halogens is 1. The SMILES string of the molecule is O=C1C(=O)N2CCNCC2CN1Cc1ccc(Br)cc1. The smallest absolute Gasteiger partial charge is 0.312 e. The van der Waals surface area contributed by atoms with Gasteiger partial charge in [0.2, 0.25) is 0 Å². The molecule has 20 heavy (non-hydrogen) atoms. The Kier molecular flexibility index (Phi) is 3.76. The summed E-state index contributed by atoms with van der Waals surface area (Å²) in [5.41, 5.74) is 1.03. The summed E-state index contributed by atoms with van der Waals surface area (Å²) < 4.78 is 1.00. The van der Waals surface area contributed by atoms with E-state index in [9.17, 15) is 9.59 Å². The van der Waals surface area contributed by atoms with Crippen LogP contribution in [0.1, 0.15) is 5.56 Å². The van der Waals surface area contributed by atoms with Gasteiger partial charge in [0.25, 0.3) is 0 Å². The number of fused-ring (bicyclic) bond motifs is 1. The molecule has 0 bridgehead atoms. The maximum atomic E-state index is 12.2. The zero-order valence-electron chi connectivity index (χ0n) is 11.0. The fourth-order valence-corrected chi connectivity index (χ4v) is 3.00. The van der Waals surface area contributed by atoms with E-state index in [1.54, 1.807) is 9.80 Å². The molecule has 0 aromatic heterocycles. The summed E-state index contributed by atoms with van der Waals surface area (Å²) in [4.78, 5) is 27.6. The summed E-state index contributed by atoms with van der Waals surface area (Å²) >= 11 is 3.39. The topological polar surface area (TPSA) is 52.7 Å². The first-order valence-electron chi connectivity index (χ1n) is 6.70. The Morgan fingerprint density at radius 3 is 2.70 bits per heavy atom. The first kappa shape index (κ1) is 13.6. The van der Waals surface area contributed by atoms with Crippen LogP contribution in [-0.2, 0) is 16.1 Å². The molecule has 0 aliphatic carbocycles. The van der Waals surface area contributed by atoms with E-state index in [1.165, 1.54) is 0 Å². The van der Waals surface area contributed by atoms with E-state index in [0.29, 0.717) is 19.6 Å². The van der Waals surface area contributed by atoms with Gasteiger partial charge in [0.05, 0.1) is 6.04 Å². The fraction of sp³-hybridized carbons (Fsp3) is 0.429. The Balaban J connectivity index is 1.74. The molecule has 2 aliphatic rings. The molecule has 2 aliphatic heterocycles. The van der Waals surface area contributed by atoms with Crippen molar-refractivity contribution in [3.63, 3.8) is 0 Å². The number of benzene rings is 1. The first-order chi connectivity index (χ1) is 9.65. The second-order valence-electron chi connectivity index (χ2n) is 5.17. The number of piperazine rings is 2. The van der Waals surface area contributed by atoms with Gasteiger partial charge in [-0.3, -0.25) is 9.59 Å². The van der Waals surface area contributed by atoms with Crippen molar-refractivity contribution in [3.8, 4) is 0 Å². The van der Waals surface area contributed by atoms with Gasteiger partial charge in [-0.2, -0.15) is 0 Å². The van der Waals surface area contributed by atoms with Gasteiger partial charge in [-0.1, -0.05) is 28.1 Å². The van der Waals surface area contributed by atoms with Gasteiger partial charge < -0.3 is 15.1 Å². The lowest BCUT2D eigenvalue weighted by molar-refractivity contribution is -0.160. The summed E-state index contributed by atoms with van der Waals surface area (Å²) in [6.07, 6.45) is 0. The molecule has 0 spiro atoms. The number of amides is 2. The molecule has 6 heteroatoms. The summed E-state index contributed by atoms with van der Waals surface area (Å²) in [6.45, 7) is 3.25. The predicted octanol–water partition coefficient (Wildman–Crippen LogP) is 0.592. The third kappa shape index (κ3) is 2.58. The normalized spacial score (nSPS) is 22.9. The van der Waals surface area contributed by atoms with Crippen LogP contribution in [0.5, 0.6) is 0 Å². The summed E-state index contributed by atoms with van der Waals surface area (Å²) in [7, 11) is 0. The Morgan fingerprint density at radius 1 is 1.20 bits per heavy atom. The second-order valence-corrected chi connectivity index (χ2v) is 6.08. The molecule has 2 heterocycles. The van der Waals surface area contributed by atoms with Crippen molar-refractivity contribution in [3.05, 3.63) is 34.3 Å². The Hall–Kier alpha value is -1.40. The van der Waals surface area contributed by atoms with Crippen molar-refractivity contribution in [2.75, 3.05) is 26.2 Å². The lowest BCUT2D eigenvalue weighted by Gasteiger charge is -2.43. The number of nitrogens with zero attached hydrogens (tertiary/aromatic N) is 2. The van der Waals surface area contributed by atoms with Crippen LogP contribution in [0.4, 0.5) is 0 Å². The standard InChI is InChI=1S/C14H16BrN3O2/c15-11-3-1-10(2-4-11)8-17-9-12-7-16-5-6-18(12)14(20)13(17)19/h1-4,12,16H,5-9H2. The Bertz CT molecular complexity index is 532. The van der Waals surface area contributed by atoms with Gasteiger partial charge in [-0.25, -0.2) is 0 Å². The summed E-state index contributed by atoms with van der Waals surface area (Å²) in [5.74, 6) is -0.745. The van der Waals surface area contributed by atoms with E-state index in [-0.39, 0.29) is 17.9 Å². The molecule has 2 fully saturated rings. The minimum absolute atomic E-state index is 0.101. The van der Waals surface area contributed by atoms with Gasteiger partial charge in [-0.05, 0) is 17.7 Å². The Labute approximate surface area is 126 Å². The van der Waals surface area contributed by atoms with E-state index < -0.39 is 0 Å². The van der Waals surface area contributed by atoms with Gasteiger partial charge >= 0.3 is 11.8 Å². The molecule has 0 saturated carbocycles. The minimum Gasteiger partial charge on any atom is -0.328 e. The van der Waals surface area contributed by atoms with Crippen LogP contribution in [0.3, 0.4) is 0 Å². The van der Waals surface area contributed by atoms with E-state index in [4.69, 9.17) is 0 Å². The highest BCUT2D eigenvalue weighted by atomic mass is 79.9. The summed E-state index contributed by atoms with van der Waals surface area (Å²) in [6, 6.07) is 7.92. The summed E-state index contributed by atoms with van der Waals surface area (Å²) in [5, 5.41) is 3.27. The van der Waals surface area contributed by atoms with Crippen molar-refractivity contribution < 1.29 is 9.59 Å². The van der Waals surface area contributed by atoms with Crippen LogP contribution >= 0.6 is 15.9 Å². The fourth-order valence-electron chi connectivity index (χ4n) is 2.73. The largest absolute Gasteiger partial charge is 0.328 e. The van der Waals surface area contributed by atoms with E-state index >= 15 is 0 Å². The van der Waals surface area contributed by atoms with Gasteiger partial charge in [0.1, 0.15) is 0 Å². The molecule has 106 valence electrons. The average molecular weight is 338 g/mol. The quantitative estimate of drug-likeness (QED) is 0.804. The van der Waals surface area contributed by atoms with Crippen LogP contribution in [0.15, 0.2) is 28.7 Å². The number of carbonyl (C=O) groups excluding carboxylic acids is 2. The molecule has 3 rings (SSSR count). The van der Waals surface area contributed by atoms with Crippen LogP contribution in [0.25, 0.3) is 0 Å². The van der Waals surface area contributed by atoms with Crippen LogP contribution in [-0.4, -0.2) is 53.8 Å². The van der Waals surface area contributed by atoms with E-state index in [0.717, 1.165) is 23.1 Å². The van der Waals surface area contributed by atoms with E-state index in [2.05, 4.69) is 21.2 Å². The zero-order valence-corrected chi connectivity index (χ0v) is 12.6. The lowest BCUT2D eigenvalue weighted by Crippen LogP contribution is -2.65. The molecule has 2 amide bonds. The molecule has 5 nitrogen and oxygen atoms in total. The maximum absolute atomic E-state index is 12.2. The third-order valence-corrected chi connectivity index (χ3v) is 4.33. The van der Waals surface area contributed by atoms with Crippen LogP contribution < -0.4 is 5.32 Å². The molecule has 2 saturated heterocycles. The van der Waals surface area contributed by atoms with Crippen LogP contribution in [0, 0.1) is 0 Å². The zero-order chi connectivity index (χ0) is 14.1. The van der Waals surface area contributed by atoms with Crippen molar-refractivity contribution >= 4 is 27.7 Å². The number of hydrogen-bond donors (Lipinski definition) is 1. The van der Waals surface area contributed by atoms with Gasteiger partial charge in [0.15, 0.2) is 0 Å². The second kappa shape index (κ2) is 5.54. The molecular formula is C14H16BrN3O2. The van der Waals surface area contributed by atoms with Crippen LogP contribution in [0.2, 0.25) is 0 Å². The average Bonchev–Trinajstić information content (AvgIpc) is 2.47. The molecule has 0 radical (unpaired) electrons. The molecule has 1 aromatic carbocycles. The third-order valence-electron chi connectivity index (χ3n) is 3.80. The predicted molar refractivity (Wildman–Crippen MR) is 77.9 cm³/mol. The van der Waals surface area contributed by atoms with Crippen molar-refractivity contribution in [1.82, 2.24) is 15.1 Å². The van der Waals surface area contributed by atoms with Crippen molar-refractivity contribution in [2.45, 2.75) is 12.6 Å². The Morgan fingerprint density at radius 2 is 1.95 bits per heavy atom. The number of carbonyl (C=O) groups is 2. The van der Waals surface area contributed by atoms with E-state index in [1.807, 2.05) is 24.3 Å². The highest BCUT2D eigenvalue weighted by Gasteiger charge is 2.39. The molecule has 1 aromatic rings. The van der Waals surface area contributed by atoms with Crippen molar-refractivity contribution in [1.29, 1.82) is 0 Å².